The van der Waals surface area contributed by atoms with Crippen LogP contribution in [0.4, 0.5) is 5.95 Å². The molecular formula is C25H31N5O2. The van der Waals surface area contributed by atoms with Crippen LogP contribution >= 0.6 is 0 Å². The van der Waals surface area contributed by atoms with Gasteiger partial charge in [0, 0.05) is 45.1 Å². The van der Waals surface area contributed by atoms with Crippen LogP contribution in [0.5, 0.6) is 0 Å². The molecule has 0 unspecified atom stereocenters. The van der Waals surface area contributed by atoms with E-state index in [0.29, 0.717) is 49.9 Å². The highest BCUT2D eigenvalue weighted by atomic mass is 16.2. The van der Waals surface area contributed by atoms with Crippen molar-refractivity contribution in [2.75, 3.05) is 37.6 Å². The van der Waals surface area contributed by atoms with E-state index in [4.69, 9.17) is 0 Å². The van der Waals surface area contributed by atoms with Gasteiger partial charge in [0.25, 0.3) is 11.8 Å². The molecule has 168 valence electrons. The number of imide groups is 1. The fourth-order valence-corrected chi connectivity index (χ4v) is 4.50. The van der Waals surface area contributed by atoms with E-state index in [9.17, 15) is 9.59 Å². The topological polar surface area (TPSA) is 69.6 Å². The van der Waals surface area contributed by atoms with Crippen molar-refractivity contribution >= 4 is 23.3 Å². The van der Waals surface area contributed by atoms with Crippen molar-refractivity contribution < 1.29 is 9.59 Å². The van der Waals surface area contributed by atoms with E-state index in [2.05, 4.69) is 32.8 Å². The zero-order valence-electron chi connectivity index (χ0n) is 19.2. The van der Waals surface area contributed by atoms with Gasteiger partial charge >= 0.3 is 0 Å². The first kappa shape index (κ1) is 22.0. The maximum Gasteiger partial charge on any atom is 0.277 e. The van der Waals surface area contributed by atoms with E-state index in [0.717, 1.165) is 36.0 Å². The lowest BCUT2D eigenvalue weighted by Gasteiger charge is -2.36. The number of aryl methyl sites for hydroxylation is 2. The fourth-order valence-electron chi connectivity index (χ4n) is 4.50. The number of hydrogen-bond donors (Lipinski definition) is 0. The number of anilines is 1. The lowest BCUT2D eigenvalue weighted by molar-refractivity contribution is -0.137. The Balaban J connectivity index is 1.64. The maximum absolute atomic E-state index is 13.5. The van der Waals surface area contributed by atoms with Crippen LogP contribution in [0.1, 0.15) is 42.9 Å². The molecule has 0 bridgehead atoms. The van der Waals surface area contributed by atoms with Crippen molar-refractivity contribution in [2.45, 2.75) is 40.0 Å². The SMILES string of the molecule is CCCCCN1C(=O)C(c2ccc(C)cc2C)=C(N2CCN(c3ncccn3)CC2)C1=O. The van der Waals surface area contributed by atoms with Crippen LogP contribution in [0.3, 0.4) is 0 Å². The number of hydrogen-bond acceptors (Lipinski definition) is 6. The van der Waals surface area contributed by atoms with Crippen LogP contribution in [0.15, 0.2) is 42.4 Å². The third-order valence-corrected chi connectivity index (χ3v) is 6.21. The summed E-state index contributed by atoms with van der Waals surface area (Å²) in [6.45, 7) is 9.32. The van der Waals surface area contributed by atoms with Crippen LogP contribution in [0, 0.1) is 13.8 Å². The van der Waals surface area contributed by atoms with Crippen LogP contribution in [-0.2, 0) is 9.59 Å². The van der Waals surface area contributed by atoms with Crippen LogP contribution in [0.2, 0.25) is 0 Å². The van der Waals surface area contributed by atoms with E-state index in [1.54, 1.807) is 18.5 Å². The Kier molecular flexibility index (Phi) is 6.53. The van der Waals surface area contributed by atoms with E-state index in [1.165, 1.54) is 4.90 Å². The van der Waals surface area contributed by atoms with Gasteiger partial charge in [-0.05, 0) is 37.5 Å². The first-order chi connectivity index (χ1) is 15.5. The number of nitrogens with zero attached hydrogens (tertiary/aromatic N) is 5. The molecule has 1 fully saturated rings. The molecular weight excluding hydrogens is 402 g/mol. The highest BCUT2D eigenvalue weighted by Gasteiger charge is 2.42. The minimum Gasteiger partial charge on any atom is -0.363 e. The van der Waals surface area contributed by atoms with Gasteiger partial charge in [0.1, 0.15) is 5.70 Å². The number of rotatable bonds is 7. The molecule has 0 saturated carbocycles. The molecule has 2 aliphatic heterocycles. The molecule has 0 radical (unpaired) electrons. The number of amides is 2. The van der Waals surface area contributed by atoms with Gasteiger partial charge in [-0.3, -0.25) is 14.5 Å². The van der Waals surface area contributed by atoms with E-state index < -0.39 is 0 Å². The van der Waals surface area contributed by atoms with Crippen LogP contribution in [0.25, 0.3) is 5.57 Å². The Hall–Kier alpha value is -3.22. The zero-order valence-corrected chi connectivity index (χ0v) is 19.2. The molecule has 1 aromatic heterocycles. The average Bonchev–Trinajstić information content (AvgIpc) is 3.04. The zero-order chi connectivity index (χ0) is 22.7. The first-order valence-corrected chi connectivity index (χ1v) is 11.5. The van der Waals surface area contributed by atoms with Crippen molar-refractivity contribution in [3.8, 4) is 0 Å². The Bertz CT molecular complexity index is 1030. The summed E-state index contributed by atoms with van der Waals surface area (Å²) >= 11 is 0. The molecule has 2 amide bonds. The number of carbonyl (C=O) groups excluding carboxylic acids is 2. The molecule has 2 aliphatic rings. The number of aromatic nitrogens is 2. The lowest BCUT2D eigenvalue weighted by atomic mass is 9.97. The molecule has 0 aliphatic carbocycles. The molecule has 4 rings (SSSR count). The van der Waals surface area contributed by atoms with Gasteiger partial charge < -0.3 is 9.80 Å². The second kappa shape index (κ2) is 9.51. The number of piperazine rings is 1. The highest BCUT2D eigenvalue weighted by molar-refractivity contribution is 6.35. The van der Waals surface area contributed by atoms with Gasteiger partial charge in [-0.15, -0.1) is 0 Å². The molecule has 32 heavy (non-hydrogen) atoms. The van der Waals surface area contributed by atoms with Gasteiger partial charge in [0.2, 0.25) is 5.95 Å². The first-order valence-electron chi connectivity index (χ1n) is 11.5. The molecule has 1 saturated heterocycles. The minimum atomic E-state index is -0.165. The summed E-state index contributed by atoms with van der Waals surface area (Å²) in [6.07, 6.45) is 6.36. The number of unbranched alkanes of at least 4 members (excludes halogenated alkanes) is 2. The molecule has 7 heteroatoms. The summed E-state index contributed by atoms with van der Waals surface area (Å²) in [7, 11) is 0. The normalized spacial score (nSPS) is 17.0. The number of carbonyl (C=O) groups is 2. The lowest BCUT2D eigenvalue weighted by Crippen LogP contribution is -2.48. The molecule has 3 heterocycles. The van der Waals surface area contributed by atoms with Gasteiger partial charge in [-0.25, -0.2) is 9.97 Å². The summed E-state index contributed by atoms with van der Waals surface area (Å²) in [6, 6.07) is 7.86. The summed E-state index contributed by atoms with van der Waals surface area (Å²) in [4.78, 5) is 41.3. The van der Waals surface area contributed by atoms with Gasteiger partial charge in [-0.1, -0.05) is 43.5 Å². The molecule has 0 spiro atoms. The predicted molar refractivity (Wildman–Crippen MR) is 125 cm³/mol. The summed E-state index contributed by atoms with van der Waals surface area (Å²) < 4.78 is 0. The third-order valence-electron chi connectivity index (χ3n) is 6.21. The molecule has 0 atom stereocenters. The van der Waals surface area contributed by atoms with Crippen LogP contribution in [-0.4, -0.2) is 64.3 Å². The van der Waals surface area contributed by atoms with E-state index in [1.807, 2.05) is 26.0 Å². The van der Waals surface area contributed by atoms with Crippen molar-refractivity contribution in [1.29, 1.82) is 0 Å². The molecule has 1 aromatic carbocycles. The summed E-state index contributed by atoms with van der Waals surface area (Å²) in [5.41, 5.74) is 4.11. The van der Waals surface area contributed by atoms with E-state index >= 15 is 0 Å². The standard InChI is InChI=1S/C25H31N5O2/c1-4-5-6-12-30-23(31)21(20-9-8-18(2)17-19(20)3)22(24(30)32)28-13-15-29(16-14-28)25-26-10-7-11-27-25/h7-11,17H,4-6,12-16H2,1-3H3. The van der Waals surface area contributed by atoms with Crippen LogP contribution < -0.4 is 4.90 Å². The minimum absolute atomic E-state index is 0.162. The fraction of sp³-hybridized carbons (Fsp3) is 0.440. The van der Waals surface area contributed by atoms with Crippen molar-refractivity contribution in [1.82, 2.24) is 19.8 Å². The third kappa shape index (κ3) is 4.24. The van der Waals surface area contributed by atoms with Gasteiger partial charge in [0.05, 0.1) is 5.57 Å². The molecule has 2 aromatic rings. The maximum atomic E-state index is 13.5. The Morgan fingerprint density at radius 1 is 0.906 bits per heavy atom. The van der Waals surface area contributed by atoms with Crippen molar-refractivity contribution in [3.63, 3.8) is 0 Å². The smallest absolute Gasteiger partial charge is 0.277 e. The highest BCUT2D eigenvalue weighted by Crippen LogP contribution is 2.34. The summed E-state index contributed by atoms with van der Waals surface area (Å²) in [5.74, 6) is 0.373. The summed E-state index contributed by atoms with van der Waals surface area (Å²) in [5, 5.41) is 0. The predicted octanol–water partition coefficient (Wildman–Crippen LogP) is 3.19. The quantitative estimate of drug-likeness (QED) is 0.493. The molecule has 0 N–H and O–H groups in total. The van der Waals surface area contributed by atoms with Gasteiger partial charge in [0.15, 0.2) is 0 Å². The Labute approximate surface area is 189 Å². The largest absolute Gasteiger partial charge is 0.363 e. The van der Waals surface area contributed by atoms with E-state index in [-0.39, 0.29) is 11.8 Å². The second-order valence-corrected chi connectivity index (χ2v) is 8.53. The molecule has 7 nitrogen and oxygen atoms in total. The second-order valence-electron chi connectivity index (χ2n) is 8.53. The monoisotopic (exact) mass is 433 g/mol. The van der Waals surface area contributed by atoms with Crippen molar-refractivity contribution in [2.24, 2.45) is 0 Å². The van der Waals surface area contributed by atoms with Crippen molar-refractivity contribution in [3.05, 3.63) is 59.0 Å². The Morgan fingerprint density at radius 2 is 1.59 bits per heavy atom. The van der Waals surface area contributed by atoms with Gasteiger partial charge in [-0.2, -0.15) is 0 Å². The Morgan fingerprint density at radius 3 is 2.25 bits per heavy atom. The number of benzene rings is 1. The average molecular weight is 434 g/mol.